The molecule has 0 aliphatic heterocycles. The number of benzene rings is 3. The molecule has 4 rings (SSSR count). The standard InChI is InChI=1S/C22H18FN3O2S/c1-28-20-8-3-2-5-15(20)13-26-19-10-9-14(11-18(19)25-22(26)29)21(27)24-17-7-4-6-16(23)12-17/h2-12H,13H2,1H3,(H,24,27)(H,25,29). The number of methoxy groups -OCH3 is 1. The number of aromatic nitrogens is 2. The van der Waals surface area contributed by atoms with Crippen molar-refractivity contribution in [2.24, 2.45) is 0 Å². The summed E-state index contributed by atoms with van der Waals surface area (Å²) in [6.07, 6.45) is 0. The van der Waals surface area contributed by atoms with E-state index in [1.165, 1.54) is 12.1 Å². The molecular weight excluding hydrogens is 389 g/mol. The number of nitrogens with one attached hydrogen (secondary N) is 2. The molecule has 0 saturated heterocycles. The van der Waals surface area contributed by atoms with Gasteiger partial charge in [-0.25, -0.2) is 4.39 Å². The molecule has 146 valence electrons. The molecule has 4 aromatic rings. The van der Waals surface area contributed by atoms with Gasteiger partial charge in [0.05, 0.1) is 24.7 Å². The SMILES string of the molecule is COc1ccccc1Cn1c(=S)[nH]c2cc(C(=O)Nc3cccc(F)c3)ccc21. The molecule has 0 radical (unpaired) electrons. The number of amides is 1. The molecule has 1 heterocycles. The fourth-order valence-electron chi connectivity index (χ4n) is 3.24. The monoisotopic (exact) mass is 407 g/mol. The van der Waals surface area contributed by atoms with Gasteiger partial charge in [0, 0.05) is 16.8 Å². The Morgan fingerprint density at radius 2 is 1.97 bits per heavy atom. The minimum absolute atomic E-state index is 0.325. The van der Waals surface area contributed by atoms with Crippen LogP contribution in [0.15, 0.2) is 66.7 Å². The molecule has 3 aromatic carbocycles. The third kappa shape index (κ3) is 3.90. The Balaban J connectivity index is 1.64. The Kier molecular flexibility index (Phi) is 5.14. The molecule has 0 aliphatic carbocycles. The molecule has 0 atom stereocenters. The Labute approximate surface area is 171 Å². The third-order valence-electron chi connectivity index (χ3n) is 4.64. The van der Waals surface area contributed by atoms with Crippen LogP contribution in [0.2, 0.25) is 0 Å². The number of H-pyrrole nitrogens is 1. The first-order chi connectivity index (χ1) is 14.0. The van der Waals surface area contributed by atoms with E-state index in [9.17, 15) is 9.18 Å². The maximum atomic E-state index is 13.3. The number of carbonyl (C=O) groups excluding carboxylic acids is 1. The van der Waals surface area contributed by atoms with Gasteiger partial charge >= 0.3 is 0 Å². The van der Waals surface area contributed by atoms with Gasteiger partial charge < -0.3 is 19.6 Å². The van der Waals surface area contributed by atoms with Crippen LogP contribution in [0.25, 0.3) is 11.0 Å². The number of imidazole rings is 1. The van der Waals surface area contributed by atoms with Crippen molar-refractivity contribution in [3.8, 4) is 5.75 Å². The maximum Gasteiger partial charge on any atom is 0.255 e. The van der Waals surface area contributed by atoms with E-state index >= 15 is 0 Å². The van der Waals surface area contributed by atoms with E-state index in [2.05, 4.69) is 10.3 Å². The highest BCUT2D eigenvalue weighted by atomic mass is 32.1. The molecule has 0 spiro atoms. The van der Waals surface area contributed by atoms with Crippen molar-refractivity contribution in [2.45, 2.75) is 6.54 Å². The molecule has 0 aliphatic rings. The number of aromatic amines is 1. The number of anilines is 1. The largest absolute Gasteiger partial charge is 0.496 e. The fraction of sp³-hybridized carbons (Fsp3) is 0.0909. The molecule has 7 heteroatoms. The highest BCUT2D eigenvalue weighted by Gasteiger charge is 2.12. The number of hydrogen-bond donors (Lipinski definition) is 2. The zero-order valence-corrected chi connectivity index (χ0v) is 16.4. The van der Waals surface area contributed by atoms with Crippen LogP contribution >= 0.6 is 12.2 Å². The molecule has 0 bridgehead atoms. The predicted molar refractivity (Wildman–Crippen MR) is 114 cm³/mol. The van der Waals surface area contributed by atoms with E-state index in [4.69, 9.17) is 17.0 Å². The number of ether oxygens (including phenoxy) is 1. The van der Waals surface area contributed by atoms with E-state index in [-0.39, 0.29) is 5.91 Å². The van der Waals surface area contributed by atoms with E-state index < -0.39 is 5.82 Å². The summed E-state index contributed by atoms with van der Waals surface area (Å²) < 4.78 is 21.3. The summed E-state index contributed by atoms with van der Waals surface area (Å²) in [7, 11) is 1.64. The lowest BCUT2D eigenvalue weighted by molar-refractivity contribution is 0.102. The highest BCUT2D eigenvalue weighted by Crippen LogP contribution is 2.23. The van der Waals surface area contributed by atoms with Crippen LogP contribution in [-0.4, -0.2) is 22.6 Å². The van der Waals surface area contributed by atoms with Gasteiger partial charge in [0.15, 0.2) is 4.77 Å². The number of nitrogens with zero attached hydrogens (tertiary/aromatic N) is 1. The molecule has 0 unspecified atom stereocenters. The van der Waals surface area contributed by atoms with Crippen molar-refractivity contribution < 1.29 is 13.9 Å². The van der Waals surface area contributed by atoms with Crippen molar-refractivity contribution in [1.29, 1.82) is 0 Å². The second kappa shape index (κ2) is 7.89. The maximum absolute atomic E-state index is 13.3. The quantitative estimate of drug-likeness (QED) is 0.450. The fourth-order valence-corrected chi connectivity index (χ4v) is 3.51. The first-order valence-corrected chi connectivity index (χ1v) is 9.37. The topological polar surface area (TPSA) is 59.0 Å². The number of carbonyl (C=O) groups is 1. The zero-order valence-electron chi connectivity index (χ0n) is 15.6. The second-order valence-corrected chi connectivity index (χ2v) is 6.91. The van der Waals surface area contributed by atoms with E-state index in [0.29, 0.717) is 22.6 Å². The number of halogens is 1. The summed E-state index contributed by atoms with van der Waals surface area (Å²) in [4.78, 5) is 15.7. The minimum Gasteiger partial charge on any atom is -0.496 e. The minimum atomic E-state index is -0.407. The predicted octanol–water partition coefficient (Wildman–Crippen LogP) is 5.15. The Morgan fingerprint density at radius 3 is 2.76 bits per heavy atom. The molecule has 0 saturated carbocycles. The van der Waals surface area contributed by atoms with Crippen LogP contribution in [-0.2, 0) is 6.54 Å². The first kappa shape index (κ1) is 18.9. The van der Waals surface area contributed by atoms with Gasteiger partial charge in [-0.3, -0.25) is 4.79 Å². The third-order valence-corrected chi connectivity index (χ3v) is 4.96. The van der Waals surface area contributed by atoms with Gasteiger partial charge in [-0.1, -0.05) is 24.3 Å². The van der Waals surface area contributed by atoms with Crippen LogP contribution < -0.4 is 10.1 Å². The normalized spacial score (nSPS) is 10.8. The van der Waals surface area contributed by atoms with Crippen LogP contribution in [0.3, 0.4) is 0 Å². The number of para-hydroxylation sites is 1. The summed E-state index contributed by atoms with van der Waals surface area (Å²) in [6, 6.07) is 18.8. The Hall–Kier alpha value is -3.45. The second-order valence-electron chi connectivity index (χ2n) is 6.52. The van der Waals surface area contributed by atoms with Gasteiger partial charge in [0.25, 0.3) is 5.91 Å². The average Bonchev–Trinajstić information content (AvgIpc) is 3.03. The molecule has 5 nitrogen and oxygen atoms in total. The average molecular weight is 407 g/mol. The van der Waals surface area contributed by atoms with Crippen LogP contribution in [0.1, 0.15) is 15.9 Å². The lowest BCUT2D eigenvalue weighted by Crippen LogP contribution is -2.12. The van der Waals surface area contributed by atoms with Gasteiger partial charge in [-0.2, -0.15) is 0 Å². The summed E-state index contributed by atoms with van der Waals surface area (Å²) in [5, 5.41) is 2.70. The summed E-state index contributed by atoms with van der Waals surface area (Å²) >= 11 is 5.48. The molecule has 1 aromatic heterocycles. The van der Waals surface area contributed by atoms with Crippen molar-refractivity contribution in [3.05, 3.63) is 88.4 Å². The number of hydrogen-bond acceptors (Lipinski definition) is 3. The van der Waals surface area contributed by atoms with Gasteiger partial charge in [-0.05, 0) is 54.7 Å². The van der Waals surface area contributed by atoms with E-state index in [1.54, 1.807) is 31.4 Å². The van der Waals surface area contributed by atoms with Crippen LogP contribution in [0.5, 0.6) is 5.75 Å². The molecule has 0 fully saturated rings. The van der Waals surface area contributed by atoms with Crippen molar-refractivity contribution in [3.63, 3.8) is 0 Å². The highest BCUT2D eigenvalue weighted by molar-refractivity contribution is 7.71. The molecule has 1 amide bonds. The molecule has 29 heavy (non-hydrogen) atoms. The Morgan fingerprint density at radius 1 is 1.14 bits per heavy atom. The van der Waals surface area contributed by atoms with Crippen molar-refractivity contribution in [2.75, 3.05) is 12.4 Å². The van der Waals surface area contributed by atoms with E-state index in [1.807, 2.05) is 34.9 Å². The first-order valence-electron chi connectivity index (χ1n) is 8.96. The summed E-state index contributed by atoms with van der Waals surface area (Å²) in [6.45, 7) is 0.539. The molecular formula is C22H18FN3O2S. The lowest BCUT2D eigenvalue weighted by atomic mass is 10.1. The zero-order chi connectivity index (χ0) is 20.4. The van der Waals surface area contributed by atoms with Gasteiger partial charge in [0.1, 0.15) is 11.6 Å². The lowest BCUT2D eigenvalue weighted by Gasteiger charge is -2.10. The van der Waals surface area contributed by atoms with E-state index in [0.717, 1.165) is 22.3 Å². The molecule has 2 N–H and O–H groups in total. The van der Waals surface area contributed by atoms with Crippen LogP contribution in [0, 0.1) is 10.6 Å². The van der Waals surface area contributed by atoms with Crippen molar-refractivity contribution in [1.82, 2.24) is 9.55 Å². The number of fused-ring (bicyclic) bond motifs is 1. The van der Waals surface area contributed by atoms with Gasteiger partial charge in [-0.15, -0.1) is 0 Å². The van der Waals surface area contributed by atoms with Gasteiger partial charge in [0.2, 0.25) is 0 Å². The number of rotatable bonds is 5. The summed E-state index contributed by atoms with van der Waals surface area (Å²) in [5.41, 5.74) is 3.47. The van der Waals surface area contributed by atoms with Crippen LogP contribution in [0.4, 0.5) is 10.1 Å². The van der Waals surface area contributed by atoms with Crippen molar-refractivity contribution >= 4 is 34.8 Å². The smallest absolute Gasteiger partial charge is 0.255 e. The Bertz CT molecular complexity index is 1260. The summed E-state index contributed by atoms with van der Waals surface area (Å²) in [5.74, 6) is 0.0555.